The van der Waals surface area contributed by atoms with Gasteiger partial charge in [0.2, 0.25) is 0 Å². The highest BCUT2D eigenvalue weighted by atomic mass is 16.6. The summed E-state index contributed by atoms with van der Waals surface area (Å²) in [7, 11) is 1.61. The van der Waals surface area contributed by atoms with Gasteiger partial charge in [-0.15, -0.1) is 0 Å². The molecule has 0 aliphatic rings. The summed E-state index contributed by atoms with van der Waals surface area (Å²) < 4.78 is 11.3. The molecular weight excluding hydrogens is 342 g/mol. The summed E-state index contributed by atoms with van der Waals surface area (Å²) in [6, 6.07) is 22.0. The Balaban J connectivity index is 1.74. The fourth-order valence-electron chi connectivity index (χ4n) is 2.54. The molecule has 0 amide bonds. The third kappa shape index (κ3) is 4.95. The maximum Gasteiger partial charge on any atom is 0.269 e. The Bertz CT molecular complexity index is 934. The topological polar surface area (TPSA) is 61.6 Å². The van der Waals surface area contributed by atoms with E-state index in [0.29, 0.717) is 18.1 Å². The van der Waals surface area contributed by atoms with Gasteiger partial charge in [-0.2, -0.15) is 0 Å². The van der Waals surface area contributed by atoms with Crippen molar-refractivity contribution in [3.05, 3.63) is 99.6 Å². The summed E-state index contributed by atoms with van der Waals surface area (Å²) in [6.07, 6.45) is 3.82. The molecule has 0 saturated heterocycles. The number of nitrogens with zero attached hydrogens (tertiary/aromatic N) is 1. The van der Waals surface area contributed by atoms with Gasteiger partial charge >= 0.3 is 0 Å². The van der Waals surface area contributed by atoms with Gasteiger partial charge in [-0.3, -0.25) is 10.1 Å². The van der Waals surface area contributed by atoms with E-state index in [2.05, 4.69) is 0 Å². The predicted molar refractivity (Wildman–Crippen MR) is 106 cm³/mol. The van der Waals surface area contributed by atoms with E-state index in [1.54, 1.807) is 19.2 Å². The molecule has 0 saturated carbocycles. The number of rotatable bonds is 7. The van der Waals surface area contributed by atoms with Gasteiger partial charge in [0.25, 0.3) is 5.69 Å². The van der Waals surface area contributed by atoms with Crippen LogP contribution in [0.3, 0.4) is 0 Å². The van der Waals surface area contributed by atoms with E-state index in [4.69, 9.17) is 9.47 Å². The second kappa shape index (κ2) is 8.67. The van der Waals surface area contributed by atoms with Crippen molar-refractivity contribution in [1.29, 1.82) is 0 Å². The minimum atomic E-state index is -0.409. The van der Waals surface area contributed by atoms with Gasteiger partial charge in [-0.25, -0.2) is 0 Å². The maximum atomic E-state index is 10.7. The first kappa shape index (κ1) is 18.2. The van der Waals surface area contributed by atoms with Crippen LogP contribution in [0.4, 0.5) is 5.69 Å². The fourth-order valence-corrected chi connectivity index (χ4v) is 2.54. The molecule has 0 aliphatic heterocycles. The van der Waals surface area contributed by atoms with Crippen molar-refractivity contribution in [2.45, 2.75) is 6.61 Å². The first-order valence-corrected chi connectivity index (χ1v) is 8.43. The summed E-state index contributed by atoms with van der Waals surface area (Å²) >= 11 is 0. The second-order valence-corrected chi connectivity index (χ2v) is 5.87. The van der Waals surface area contributed by atoms with Crippen LogP contribution in [0.5, 0.6) is 11.5 Å². The zero-order valence-electron chi connectivity index (χ0n) is 14.9. The fraction of sp³-hybridized carbons (Fsp3) is 0.0909. The number of ether oxygens (including phenoxy) is 2. The standard InChI is InChI=1S/C22H19NO4/c1-26-21-14-11-18(8-7-17-9-12-20(13-10-17)23(24)25)15-22(21)27-16-19-5-3-2-4-6-19/h2-15H,16H2,1H3. The van der Waals surface area contributed by atoms with Crippen molar-refractivity contribution < 1.29 is 14.4 Å². The molecule has 0 aliphatic carbocycles. The molecule has 0 unspecified atom stereocenters. The lowest BCUT2D eigenvalue weighted by molar-refractivity contribution is -0.384. The molecule has 3 aromatic carbocycles. The van der Waals surface area contributed by atoms with Crippen molar-refractivity contribution in [2.24, 2.45) is 0 Å². The SMILES string of the molecule is COc1ccc(C=Cc2ccc([N+](=O)[O-])cc2)cc1OCc1ccccc1. The number of hydrogen-bond donors (Lipinski definition) is 0. The molecule has 136 valence electrons. The molecule has 5 nitrogen and oxygen atoms in total. The minimum absolute atomic E-state index is 0.0770. The monoisotopic (exact) mass is 361 g/mol. The van der Waals surface area contributed by atoms with Crippen LogP contribution in [0.2, 0.25) is 0 Å². The quantitative estimate of drug-likeness (QED) is 0.323. The van der Waals surface area contributed by atoms with Crippen LogP contribution in [0.25, 0.3) is 12.2 Å². The molecule has 27 heavy (non-hydrogen) atoms. The summed E-state index contributed by atoms with van der Waals surface area (Å²) in [5, 5.41) is 10.7. The van der Waals surface area contributed by atoms with E-state index in [0.717, 1.165) is 16.7 Å². The zero-order valence-corrected chi connectivity index (χ0v) is 14.9. The van der Waals surface area contributed by atoms with Crippen molar-refractivity contribution in [2.75, 3.05) is 7.11 Å². The highest BCUT2D eigenvalue weighted by molar-refractivity contribution is 5.71. The van der Waals surface area contributed by atoms with Crippen LogP contribution in [0.1, 0.15) is 16.7 Å². The van der Waals surface area contributed by atoms with E-state index < -0.39 is 4.92 Å². The highest BCUT2D eigenvalue weighted by Gasteiger charge is 2.06. The van der Waals surface area contributed by atoms with E-state index >= 15 is 0 Å². The lowest BCUT2D eigenvalue weighted by Gasteiger charge is -2.11. The van der Waals surface area contributed by atoms with Gasteiger partial charge in [0.1, 0.15) is 6.61 Å². The molecule has 3 aromatic rings. The Hall–Kier alpha value is -3.60. The lowest BCUT2D eigenvalue weighted by atomic mass is 10.1. The largest absolute Gasteiger partial charge is 0.493 e. The maximum absolute atomic E-state index is 10.7. The molecule has 0 bridgehead atoms. The van der Waals surface area contributed by atoms with Gasteiger partial charge in [0.05, 0.1) is 12.0 Å². The van der Waals surface area contributed by atoms with Crippen molar-refractivity contribution in [1.82, 2.24) is 0 Å². The van der Waals surface area contributed by atoms with E-state index in [9.17, 15) is 10.1 Å². The molecule has 5 heteroatoms. The lowest BCUT2D eigenvalue weighted by Crippen LogP contribution is -1.97. The summed E-state index contributed by atoms with van der Waals surface area (Å²) in [4.78, 5) is 10.3. The van der Waals surface area contributed by atoms with E-state index in [1.165, 1.54) is 12.1 Å². The summed E-state index contributed by atoms with van der Waals surface area (Å²) in [6.45, 7) is 0.451. The van der Waals surface area contributed by atoms with Crippen molar-refractivity contribution >= 4 is 17.8 Å². The number of hydrogen-bond acceptors (Lipinski definition) is 4. The second-order valence-electron chi connectivity index (χ2n) is 5.87. The van der Waals surface area contributed by atoms with Crippen LogP contribution in [0, 0.1) is 10.1 Å². The third-order valence-electron chi connectivity index (χ3n) is 4.00. The number of nitro groups is 1. The number of benzene rings is 3. The van der Waals surface area contributed by atoms with Gasteiger partial charge in [-0.05, 0) is 41.0 Å². The average Bonchev–Trinajstić information content (AvgIpc) is 2.71. The van der Waals surface area contributed by atoms with Gasteiger partial charge in [0, 0.05) is 12.1 Å². The molecule has 0 fully saturated rings. The zero-order chi connectivity index (χ0) is 19.1. The third-order valence-corrected chi connectivity index (χ3v) is 4.00. The number of nitro benzene ring substituents is 1. The smallest absolute Gasteiger partial charge is 0.269 e. The van der Waals surface area contributed by atoms with Gasteiger partial charge < -0.3 is 9.47 Å². The summed E-state index contributed by atoms with van der Waals surface area (Å²) in [5.41, 5.74) is 2.97. The van der Waals surface area contributed by atoms with Gasteiger partial charge in [-0.1, -0.05) is 48.6 Å². The number of non-ortho nitro benzene ring substituents is 1. The van der Waals surface area contributed by atoms with Crippen LogP contribution in [-0.4, -0.2) is 12.0 Å². The van der Waals surface area contributed by atoms with Crippen LogP contribution in [-0.2, 0) is 6.61 Å². The minimum Gasteiger partial charge on any atom is -0.493 e. The van der Waals surface area contributed by atoms with E-state index in [1.807, 2.05) is 60.7 Å². The van der Waals surface area contributed by atoms with Crippen LogP contribution >= 0.6 is 0 Å². The molecule has 0 radical (unpaired) electrons. The predicted octanol–water partition coefficient (Wildman–Crippen LogP) is 5.35. The Morgan fingerprint density at radius 2 is 1.56 bits per heavy atom. The van der Waals surface area contributed by atoms with Gasteiger partial charge in [0.15, 0.2) is 11.5 Å². The van der Waals surface area contributed by atoms with Crippen molar-refractivity contribution in [3.8, 4) is 11.5 Å². The Morgan fingerprint density at radius 1 is 0.889 bits per heavy atom. The van der Waals surface area contributed by atoms with Crippen LogP contribution < -0.4 is 9.47 Å². The Labute approximate surface area is 157 Å². The summed E-state index contributed by atoms with van der Waals surface area (Å²) in [5.74, 6) is 1.32. The molecule has 0 atom stereocenters. The normalized spacial score (nSPS) is 10.7. The van der Waals surface area contributed by atoms with E-state index in [-0.39, 0.29) is 5.69 Å². The molecule has 0 spiro atoms. The molecule has 3 rings (SSSR count). The molecular formula is C22H19NO4. The first-order chi connectivity index (χ1) is 13.2. The molecule has 0 aromatic heterocycles. The Morgan fingerprint density at radius 3 is 2.22 bits per heavy atom. The molecule has 0 N–H and O–H groups in total. The number of methoxy groups -OCH3 is 1. The van der Waals surface area contributed by atoms with Crippen molar-refractivity contribution in [3.63, 3.8) is 0 Å². The highest BCUT2D eigenvalue weighted by Crippen LogP contribution is 2.29. The Kier molecular flexibility index (Phi) is 5.84. The average molecular weight is 361 g/mol. The first-order valence-electron chi connectivity index (χ1n) is 8.43. The van der Waals surface area contributed by atoms with Crippen LogP contribution in [0.15, 0.2) is 72.8 Å². The molecule has 0 heterocycles.